The monoisotopic (exact) mass is 270 g/mol. The lowest BCUT2D eigenvalue weighted by Gasteiger charge is -2.01. The number of nitrogens with one attached hydrogen (secondary N) is 1. The molecule has 0 bridgehead atoms. The Balaban J connectivity index is 2.16. The summed E-state index contributed by atoms with van der Waals surface area (Å²) < 4.78 is 13.7. The Labute approximate surface area is 108 Å². The molecule has 0 unspecified atom stereocenters. The molecule has 1 N–H and O–H groups in total. The summed E-state index contributed by atoms with van der Waals surface area (Å²) in [6.45, 7) is 0.787. The zero-order valence-electron chi connectivity index (χ0n) is 9.34. The number of hydrogen-bond acceptors (Lipinski definition) is 3. The van der Waals surface area contributed by atoms with E-state index >= 15 is 0 Å². The average Bonchev–Trinajstić information content (AvgIpc) is 2.73. The summed E-state index contributed by atoms with van der Waals surface area (Å²) in [6.07, 6.45) is 2.31. The van der Waals surface area contributed by atoms with Crippen molar-refractivity contribution in [1.29, 1.82) is 0 Å². The Kier molecular flexibility index (Phi) is 4.10. The van der Waals surface area contributed by atoms with Crippen LogP contribution in [0.5, 0.6) is 0 Å². The molecule has 0 atom stereocenters. The lowest BCUT2D eigenvalue weighted by molar-refractivity contribution is 0.614. The fourth-order valence-electron chi connectivity index (χ4n) is 1.53. The van der Waals surface area contributed by atoms with Crippen LogP contribution in [0.15, 0.2) is 24.4 Å². The fraction of sp³-hybridized carbons (Fsp3) is 0.250. The minimum Gasteiger partial charge on any atom is -0.315 e. The molecule has 1 heterocycles. The number of halogens is 2. The molecule has 0 amide bonds. The van der Waals surface area contributed by atoms with Crippen LogP contribution < -0.4 is 5.32 Å². The summed E-state index contributed by atoms with van der Waals surface area (Å²) in [6, 6.07) is 5.04. The van der Waals surface area contributed by atoms with Gasteiger partial charge in [0.15, 0.2) is 0 Å². The van der Waals surface area contributed by atoms with Crippen molar-refractivity contribution in [2.45, 2.75) is 13.0 Å². The Morgan fingerprint density at radius 2 is 2.29 bits per heavy atom. The van der Waals surface area contributed by atoms with Crippen LogP contribution in [0.25, 0.3) is 0 Å². The predicted molar refractivity (Wildman–Crippen MR) is 69.1 cm³/mol. The van der Waals surface area contributed by atoms with Gasteiger partial charge < -0.3 is 5.32 Å². The standard InChI is InChI=1S/C12H12ClFN2S/c1-15-6-9-7-16-11(17-9)5-8-3-2-4-10(13)12(8)14/h2-4,7,15H,5-6H2,1H3. The van der Waals surface area contributed by atoms with Crippen molar-refractivity contribution in [1.82, 2.24) is 10.3 Å². The van der Waals surface area contributed by atoms with E-state index in [0.717, 1.165) is 16.4 Å². The van der Waals surface area contributed by atoms with Gasteiger partial charge in [0.2, 0.25) is 0 Å². The van der Waals surface area contributed by atoms with Crippen molar-refractivity contribution in [3.63, 3.8) is 0 Å². The molecule has 0 aliphatic rings. The summed E-state index contributed by atoms with van der Waals surface area (Å²) in [5, 5.41) is 4.12. The Morgan fingerprint density at radius 3 is 3.06 bits per heavy atom. The molecule has 1 aromatic carbocycles. The summed E-state index contributed by atoms with van der Waals surface area (Å²) in [7, 11) is 1.88. The molecular weight excluding hydrogens is 259 g/mol. The van der Waals surface area contributed by atoms with Crippen molar-refractivity contribution in [2.75, 3.05) is 7.05 Å². The lowest BCUT2D eigenvalue weighted by atomic mass is 10.1. The van der Waals surface area contributed by atoms with Gasteiger partial charge in [-0.15, -0.1) is 11.3 Å². The minimum absolute atomic E-state index is 0.162. The largest absolute Gasteiger partial charge is 0.315 e. The van der Waals surface area contributed by atoms with Crippen LogP contribution in [0.4, 0.5) is 4.39 Å². The predicted octanol–water partition coefficient (Wildman–Crippen LogP) is 3.25. The van der Waals surface area contributed by atoms with Crippen LogP contribution in [0.3, 0.4) is 0 Å². The molecule has 2 aromatic rings. The van der Waals surface area contributed by atoms with Crippen LogP contribution in [0, 0.1) is 5.82 Å². The molecule has 0 fully saturated rings. The van der Waals surface area contributed by atoms with Crippen molar-refractivity contribution in [3.8, 4) is 0 Å². The Hall–Kier alpha value is -0.970. The fourth-order valence-corrected chi connectivity index (χ4v) is 2.69. The molecule has 17 heavy (non-hydrogen) atoms. The van der Waals surface area contributed by atoms with Gasteiger partial charge in [0, 0.05) is 24.0 Å². The van der Waals surface area contributed by atoms with Crippen molar-refractivity contribution < 1.29 is 4.39 Å². The number of aromatic nitrogens is 1. The van der Waals surface area contributed by atoms with Gasteiger partial charge in [-0.25, -0.2) is 9.37 Å². The van der Waals surface area contributed by atoms with Crippen LogP contribution >= 0.6 is 22.9 Å². The highest BCUT2D eigenvalue weighted by atomic mass is 35.5. The molecule has 2 rings (SSSR count). The van der Waals surface area contributed by atoms with E-state index in [0.29, 0.717) is 12.0 Å². The number of thiazole rings is 1. The molecule has 0 aliphatic carbocycles. The maximum Gasteiger partial charge on any atom is 0.145 e. The highest BCUT2D eigenvalue weighted by Gasteiger charge is 2.09. The molecule has 0 saturated carbocycles. The third-order valence-corrected chi connectivity index (χ3v) is 3.61. The number of hydrogen-bond donors (Lipinski definition) is 1. The van der Waals surface area contributed by atoms with Gasteiger partial charge in [-0.2, -0.15) is 0 Å². The highest BCUT2D eigenvalue weighted by molar-refractivity contribution is 7.11. The van der Waals surface area contributed by atoms with Crippen molar-refractivity contribution >= 4 is 22.9 Å². The zero-order chi connectivity index (χ0) is 12.3. The van der Waals surface area contributed by atoms with Gasteiger partial charge in [0.25, 0.3) is 0 Å². The van der Waals surface area contributed by atoms with Gasteiger partial charge in [-0.1, -0.05) is 23.7 Å². The summed E-state index contributed by atoms with van der Waals surface area (Å²) in [5.41, 5.74) is 0.586. The number of rotatable bonds is 4. The number of benzene rings is 1. The van der Waals surface area contributed by atoms with E-state index in [9.17, 15) is 4.39 Å². The molecule has 0 saturated heterocycles. The maximum absolute atomic E-state index is 13.7. The van der Waals surface area contributed by atoms with E-state index in [-0.39, 0.29) is 10.8 Å². The zero-order valence-corrected chi connectivity index (χ0v) is 10.9. The van der Waals surface area contributed by atoms with Crippen molar-refractivity contribution in [3.05, 3.63) is 50.7 Å². The molecule has 90 valence electrons. The average molecular weight is 271 g/mol. The van der Waals surface area contributed by atoms with Crippen LogP contribution in [-0.2, 0) is 13.0 Å². The van der Waals surface area contributed by atoms with Crippen molar-refractivity contribution in [2.24, 2.45) is 0 Å². The van der Waals surface area contributed by atoms with Gasteiger partial charge >= 0.3 is 0 Å². The summed E-state index contributed by atoms with van der Waals surface area (Å²) in [5.74, 6) is -0.348. The first kappa shape index (κ1) is 12.5. The first-order chi connectivity index (χ1) is 8.20. The van der Waals surface area contributed by atoms with Crippen LogP contribution in [0.1, 0.15) is 15.4 Å². The van der Waals surface area contributed by atoms with Gasteiger partial charge in [0.1, 0.15) is 5.82 Å². The molecule has 0 radical (unpaired) electrons. The Bertz CT molecular complexity index is 513. The van der Waals surface area contributed by atoms with E-state index < -0.39 is 0 Å². The van der Waals surface area contributed by atoms with Gasteiger partial charge in [-0.3, -0.25) is 0 Å². The van der Waals surface area contributed by atoms with Crippen LogP contribution in [-0.4, -0.2) is 12.0 Å². The number of nitrogens with zero attached hydrogens (tertiary/aromatic N) is 1. The molecule has 5 heteroatoms. The molecule has 0 aliphatic heterocycles. The summed E-state index contributed by atoms with van der Waals surface area (Å²) in [4.78, 5) is 5.41. The normalized spacial score (nSPS) is 10.8. The van der Waals surface area contributed by atoms with Gasteiger partial charge in [-0.05, 0) is 18.7 Å². The van der Waals surface area contributed by atoms with E-state index in [1.807, 2.05) is 13.2 Å². The molecule has 2 nitrogen and oxygen atoms in total. The smallest absolute Gasteiger partial charge is 0.145 e. The third kappa shape index (κ3) is 3.03. The minimum atomic E-state index is -0.348. The summed E-state index contributed by atoms with van der Waals surface area (Å²) >= 11 is 7.32. The van der Waals surface area contributed by atoms with Gasteiger partial charge in [0.05, 0.1) is 10.0 Å². The maximum atomic E-state index is 13.7. The molecule has 1 aromatic heterocycles. The first-order valence-electron chi connectivity index (χ1n) is 5.21. The second kappa shape index (κ2) is 5.58. The molecule has 0 spiro atoms. The SMILES string of the molecule is CNCc1cnc(Cc2cccc(Cl)c2F)s1. The van der Waals surface area contributed by atoms with E-state index in [1.54, 1.807) is 29.5 Å². The second-order valence-corrected chi connectivity index (χ2v) is 5.25. The Morgan fingerprint density at radius 1 is 1.47 bits per heavy atom. The molecular formula is C12H12ClFN2S. The van der Waals surface area contributed by atoms with Crippen LogP contribution in [0.2, 0.25) is 5.02 Å². The highest BCUT2D eigenvalue weighted by Crippen LogP contribution is 2.22. The third-order valence-electron chi connectivity index (χ3n) is 2.33. The quantitative estimate of drug-likeness (QED) is 0.923. The lowest BCUT2D eigenvalue weighted by Crippen LogP contribution is -2.02. The van der Waals surface area contributed by atoms with E-state index in [1.165, 1.54) is 0 Å². The topological polar surface area (TPSA) is 24.9 Å². The van der Waals surface area contributed by atoms with E-state index in [2.05, 4.69) is 10.3 Å². The van der Waals surface area contributed by atoms with E-state index in [4.69, 9.17) is 11.6 Å². The second-order valence-electron chi connectivity index (χ2n) is 3.64. The first-order valence-corrected chi connectivity index (χ1v) is 6.41.